The van der Waals surface area contributed by atoms with Gasteiger partial charge in [0, 0.05) is 13.0 Å². The zero-order chi connectivity index (χ0) is 39.1. The van der Waals surface area contributed by atoms with E-state index in [1.807, 2.05) is 0 Å². The lowest BCUT2D eigenvalue weighted by Crippen LogP contribution is -2.27. The highest BCUT2D eigenvalue weighted by Gasteiger charge is 2.13. The van der Waals surface area contributed by atoms with Crippen molar-refractivity contribution in [3.8, 4) is 0 Å². The first-order valence-electron chi connectivity index (χ1n) is 23.0. The molecule has 0 spiro atoms. The van der Waals surface area contributed by atoms with Crippen molar-refractivity contribution in [2.24, 2.45) is 0 Å². The van der Waals surface area contributed by atoms with Gasteiger partial charge < -0.3 is 14.6 Å². The Labute approximate surface area is 336 Å². The van der Waals surface area contributed by atoms with Gasteiger partial charge in [-0.25, -0.2) is 0 Å². The average Bonchev–Trinajstić information content (AvgIpc) is 3.18. The van der Waals surface area contributed by atoms with Crippen LogP contribution in [0.5, 0.6) is 0 Å². The summed E-state index contributed by atoms with van der Waals surface area (Å²) in [6, 6.07) is 0. The van der Waals surface area contributed by atoms with E-state index in [1.54, 1.807) is 0 Å². The summed E-state index contributed by atoms with van der Waals surface area (Å²) in [5.41, 5.74) is 0. The molecule has 54 heavy (non-hydrogen) atoms. The van der Waals surface area contributed by atoms with E-state index in [0.717, 1.165) is 64.2 Å². The summed E-state index contributed by atoms with van der Waals surface area (Å²) in [7, 11) is 0. The average molecular weight is 753 g/mol. The van der Waals surface area contributed by atoms with E-state index >= 15 is 0 Å². The Balaban J connectivity index is 3.44. The van der Waals surface area contributed by atoms with Crippen molar-refractivity contribution in [3.05, 3.63) is 72.9 Å². The number of hydrogen-bond donors (Lipinski definition) is 1. The molecule has 1 unspecified atom stereocenters. The molecule has 0 aromatic heterocycles. The van der Waals surface area contributed by atoms with Gasteiger partial charge in [0.1, 0.15) is 6.10 Å². The van der Waals surface area contributed by atoms with Crippen molar-refractivity contribution in [1.29, 1.82) is 0 Å². The van der Waals surface area contributed by atoms with Crippen LogP contribution in [0.25, 0.3) is 0 Å². The number of carbonyl (C=O) groups is 1. The van der Waals surface area contributed by atoms with Gasteiger partial charge >= 0.3 is 5.97 Å². The molecule has 0 rings (SSSR count). The van der Waals surface area contributed by atoms with Crippen LogP contribution in [-0.2, 0) is 14.3 Å². The summed E-state index contributed by atoms with van der Waals surface area (Å²) in [6.07, 6.45) is 64.0. The monoisotopic (exact) mass is 753 g/mol. The molecule has 4 nitrogen and oxygen atoms in total. The first-order chi connectivity index (χ1) is 26.7. The summed E-state index contributed by atoms with van der Waals surface area (Å²) in [5.74, 6) is -0.215. The van der Waals surface area contributed by atoms with Crippen LogP contribution in [0.2, 0.25) is 0 Å². The van der Waals surface area contributed by atoms with Crippen LogP contribution in [-0.4, -0.2) is 37.0 Å². The van der Waals surface area contributed by atoms with Crippen molar-refractivity contribution in [2.75, 3.05) is 19.8 Å². The molecular formula is C50H88O4. The predicted molar refractivity (Wildman–Crippen MR) is 237 cm³/mol. The maximum atomic E-state index is 12.2. The molecule has 0 aliphatic rings. The number of carbonyl (C=O) groups excluding carboxylic acids is 1. The van der Waals surface area contributed by atoms with Crippen LogP contribution in [0.1, 0.15) is 213 Å². The molecule has 1 atom stereocenters. The Morgan fingerprint density at radius 3 is 1.26 bits per heavy atom. The van der Waals surface area contributed by atoms with Crippen LogP contribution < -0.4 is 0 Å². The lowest BCUT2D eigenvalue weighted by atomic mass is 10.0. The molecule has 0 saturated heterocycles. The van der Waals surface area contributed by atoms with Crippen LogP contribution in [0.4, 0.5) is 0 Å². The first-order valence-corrected chi connectivity index (χ1v) is 23.0. The van der Waals surface area contributed by atoms with Gasteiger partial charge in [0.05, 0.1) is 13.2 Å². The smallest absolute Gasteiger partial charge is 0.306 e. The van der Waals surface area contributed by atoms with E-state index in [9.17, 15) is 9.90 Å². The minimum atomic E-state index is -0.545. The lowest BCUT2D eigenvalue weighted by Gasteiger charge is -2.15. The van der Waals surface area contributed by atoms with Gasteiger partial charge in [-0.15, -0.1) is 0 Å². The second kappa shape index (κ2) is 47.0. The topological polar surface area (TPSA) is 55.8 Å². The minimum Gasteiger partial charge on any atom is -0.457 e. The largest absolute Gasteiger partial charge is 0.457 e. The molecule has 0 saturated carbocycles. The van der Waals surface area contributed by atoms with E-state index < -0.39 is 6.10 Å². The number of allylic oxidation sites excluding steroid dienone is 12. The minimum absolute atomic E-state index is 0.180. The maximum absolute atomic E-state index is 12.2. The third kappa shape index (κ3) is 44.2. The first kappa shape index (κ1) is 51.8. The van der Waals surface area contributed by atoms with E-state index in [-0.39, 0.29) is 19.2 Å². The lowest BCUT2D eigenvalue weighted by molar-refractivity contribution is -0.154. The Morgan fingerprint density at radius 1 is 0.463 bits per heavy atom. The van der Waals surface area contributed by atoms with Gasteiger partial charge in [0.2, 0.25) is 0 Å². The van der Waals surface area contributed by atoms with E-state index in [2.05, 4.69) is 86.8 Å². The molecule has 0 aliphatic carbocycles. The highest BCUT2D eigenvalue weighted by molar-refractivity contribution is 5.69. The summed E-state index contributed by atoms with van der Waals surface area (Å²) in [6.45, 7) is 5.20. The van der Waals surface area contributed by atoms with Crippen molar-refractivity contribution in [1.82, 2.24) is 0 Å². The molecule has 4 heteroatoms. The molecule has 0 heterocycles. The number of esters is 1. The van der Waals surface area contributed by atoms with Gasteiger partial charge in [-0.2, -0.15) is 0 Å². The fraction of sp³-hybridized carbons (Fsp3) is 0.740. The molecule has 0 aromatic carbocycles. The van der Waals surface area contributed by atoms with E-state index in [0.29, 0.717) is 13.0 Å². The third-order valence-corrected chi connectivity index (χ3v) is 9.77. The number of aliphatic hydroxyl groups excluding tert-OH is 1. The molecule has 1 N–H and O–H groups in total. The summed E-state index contributed by atoms with van der Waals surface area (Å²) in [5, 5.41) is 9.62. The van der Waals surface area contributed by atoms with Crippen molar-refractivity contribution in [3.63, 3.8) is 0 Å². The van der Waals surface area contributed by atoms with Gasteiger partial charge in [-0.1, -0.05) is 196 Å². The maximum Gasteiger partial charge on any atom is 0.306 e. The van der Waals surface area contributed by atoms with Crippen molar-refractivity contribution in [2.45, 2.75) is 219 Å². The molecule has 0 aliphatic heterocycles. The van der Waals surface area contributed by atoms with Crippen molar-refractivity contribution >= 4 is 5.97 Å². The van der Waals surface area contributed by atoms with Crippen LogP contribution >= 0.6 is 0 Å². The SMILES string of the molecule is CC/C=C\C/C=C\C/C=C\C/C=C\CCCCCCCCCCCCCCCOCC(CO)OC(=O)CCCCCCC/C=C\C/C=C\CCCCCC. The predicted octanol–water partition coefficient (Wildman–Crippen LogP) is 15.4. The number of rotatable bonds is 42. The van der Waals surface area contributed by atoms with Crippen molar-refractivity contribution < 1.29 is 19.4 Å². The summed E-state index contributed by atoms with van der Waals surface area (Å²) < 4.78 is 11.2. The van der Waals surface area contributed by atoms with Crippen LogP contribution in [0, 0.1) is 0 Å². The van der Waals surface area contributed by atoms with Gasteiger partial charge in [0.25, 0.3) is 0 Å². The zero-order valence-corrected chi connectivity index (χ0v) is 35.7. The van der Waals surface area contributed by atoms with Crippen LogP contribution in [0.15, 0.2) is 72.9 Å². The number of unbranched alkanes of at least 4 members (excludes halogenated alkanes) is 22. The van der Waals surface area contributed by atoms with E-state index in [4.69, 9.17) is 9.47 Å². The second-order valence-electron chi connectivity index (χ2n) is 15.1. The standard InChI is InChI=1S/C50H88O4/c1-3-5-7-9-11-13-15-17-19-21-22-23-24-25-26-27-28-29-30-32-34-36-38-40-42-44-46-53-48-49(47-51)54-50(52)45-43-41-39-37-35-33-31-20-18-16-14-12-10-8-6-4-2/h5,7,11,13-14,16-17,19-20,22-23,31,49,51H,3-4,6,8-10,12,15,18,21,24-30,32-48H2,1-2H3/b7-5-,13-11-,16-14-,19-17-,23-22-,31-20-. The molecule has 0 radical (unpaired) electrons. The third-order valence-electron chi connectivity index (χ3n) is 9.77. The zero-order valence-electron chi connectivity index (χ0n) is 35.7. The van der Waals surface area contributed by atoms with Gasteiger partial charge in [-0.05, 0) is 83.5 Å². The number of hydrogen-bond acceptors (Lipinski definition) is 4. The molecule has 0 fully saturated rings. The highest BCUT2D eigenvalue weighted by atomic mass is 16.6. The normalized spacial score (nSPS) is 13.0. The molecule has 0 bridgehead atoms. The fourth-order valence-corrected chi connectivity index (χ4v) is 6.35. The van der Waals surface area contributed by atoms with Gasteiger partial charge in [-0.3, -0.25) is 4.79 Å². The molecule has 312 valence electrons. The quantitative estimate of drug-likeness (QED) is 0.0383. The Kier molecular flexibility index (Phi) is 45.1. The molecule has 0 amide bonds. The second-order valence-corrected chi connectivity index (χ2v) is 15.1. The Bertz CT molecular complexity index is 927. The fourth-order valence-electron chi connectivity index (χ4n) is 6.35. The number of aliphatic hydroxyl groups is 1. The Hall–Kier alpha value is -2.17. The summed E-state index contributed by atoms with van der Waals surface area (Å²) >= 11 is 0. The Morgan fingerprint density at radius 2 is 0.833 bits per heavy atom. The van der Waals surface area contributed by atoms with E-state index in [1.165, 1.54) is 128 Å². The summed E-state index contributed by atoms with van der Waals surface area (Å²) in [4.78, 5) is 12.2. The molecule has 0 aromatic rings. The highest BCUT2D eigenvalue weighted by Crippen LogP contribution is 2.14. The van der Waals surface area contributed by atoms with Crippen LogP contribution in [0.3, 0.4) is 0 Å². The van der Waals surface area contributed by atoms with Gasteiger partial charge in [0.15, 0.2) is 0 Å². The number of ether oxygens (including phenoxy) is 2. The molecular weight excluding hydrogens is 665 g/mol.